The third-order valence-corrected chi connectivity index (χ3v) is 4.61. The molecule has 4 amide bonds. The molecular weight excluding hydrogens is 428 g/mol. The van der Waals surface area contributed by atoms with Gasteiger partial charge in [0.25, 0.3) is 11.8 Å². The molecule has 0 saturated carbocycles. The van der Waals surface area contributed by atoms with Gasteiger partial charge < -0.3 is 9.84 Å². The number of nitrogens with one attached hydrogen (secondary N) is 1. The lowest BCUT2D eigenvalue weighted by atomic mass is 10.0. The summed E-state index contributed by atoms with van der Waals surface area (Å²) in [5.41, 5.74) is 2.00. The van der Waals surface area contributed by atoms with E-state index >= 15 is 0 Å². The van der Waals surface area contributed by atoms with Gasteiger partial charge in [0.15, 0.2) is 11.5 Å². The summed E-state index contributed by atoms with van der Waals surface area (Å²) in [5, 5.41) is 12.5. The van der Waals surface area contributed by atoms with E-state index in [2.05, 4.69) is 21.2 Å². The minimum atomic E-state index is -0.839. The number of phenolic OH excluding ortho intramolecular Hbond substituents is 1. The first-order valence-electron chi connectivity index (χ1n) is 8.27. The lowest BCUT2D eigenvalue weighted by Gasteiger charge is -2.27. The van der Waals surface area contributed by atoms with E-state index in [1.54, 1.807) is 18.2 Å². The van der Waals surface area contributed by atoms with E-state index in [9.17, 15) is 19.5 Å². The summed E-state index contributed by atoms with van der Waals surface area (Å²) in [5.74, 6) is -1.67. The second-order valence-corrected chi connectivity index (χ2v) is 7.27. The molecule has 1 fully saturated rings. The van der Waals surface area contributed by atoms with Crippen LogP contribution in [0.1, 0.15) is 16.7 Å². The normalized spacial score (nSPS) is 15.8. The number of ether oxygens (including phenoxy) is 1. The molecular formula is C20H17BrN2O5. The maximum atomic E-state index is 13.0. The molecule has 0 atom stereocenters. The van der Waals surface area contributed by atoms with E-state index in [-0.39, 0.29) is 22.6 Å². The molecule has 8 heteroatoms. The molecule has 1 aliphatic heterocycles. The summed E-state index contributed by atoms with van der Waals surface area (Å²) < 4.78 is 5.67. The van der Waals surface area contributed by atoms with Crippen molar-refractivity contribution in [1.29, 1.82) is 0 Å². The Kier molecular flexibility index (Phi) is 5.24. The van der Waals surface area contributed by atoms with Crippen LogP contribution in [0.3, 0.4) is 0 Å². The Morgan fingerprint density at radius 1 is 1.07 bits per heavy atom. The number of barbiturate groups is 1. The number of halogens is 1. The highest BCUT2D eigenvalue weighted by Gasteiger charge is 2.37. The molecule has 0 radical (unpaired) electrons. The first-order valence-corrected chi connectivity index (χ1v) is 9.07. The fourth-order valence-electron chi connectivity index (χ4n) is 2.99. The summed E-state index contributed by atoms with van der Waals surface area (Å²) in [7, 11) is 1.39. The van der Waals surface area contributed by atoms with E-state index in [1.807, 2.05) is 19.9 Å². The number of rotatable bonds is 3. The number of carbonyl (C=O) groups is 3. The number of phenols is 1. The Morgan fingerprint density at radius 3 is 2.32 bits per heavy atom. The number of aromatic hydroxyl groups is 1. The topological polar surface area (TPSA) is 95.9 Å². The third-order valence-electron chi connectivity index (χ3n) is 4.16. The smallest absolute Gasteiger partial charge is 0.335 e. The van der Waals surface area contributed by atoms with Crippen molar-refractivity contribution in [2.45, 2.75) is 13.8 Å². The van der Waals surface area contributed by atoms with Gasteiger partial charge in [0.1, 0.15) is 5.57 Å². The molecule has 0 bridgehead atoms. The minimum absolute atomic E-state index is 0.173. The van der Waals surface area contributed by atoms with Crippen molar-refractivity contribution in [1.82, 2.24) is 5.32 Å². The van der Waals surface area contributed by atoms with Crippen molar-refractivity contribution in [3.8, 4) is 11.5 Å². The van der Waals surface area contributed by atoms with Gasteiger partial charge in [0.05, 0.1) is 12.8 Å². The molecule has 2 N–H and O–H groups in total. The lowest BCUT2D eigenvalue weighted by Crippen LogP contribution is -2.54. The van der Waals surface area contributed by atoms with Crippen molar-refractivity contribution in [3.63, 3.8) is 0 Å². The zero-order valence-electron chi connectivity index (χ0n) is 15.4. The molecule has 144 valence electrons. The number of urea groups is 1. The van der Waals surface area contributed by atoms with Crippen LogP contribution in [0, 0.1) is 13.8 Å². The SMILES string of the molecule is COc1cc(Br)cc(/C=C2\C(=O)NC(=O)N(c3cc(C)cc(C)c3)C2=O)c1O. The predicted molar refractivity (Wildman–Crippen MR) is 107 cm³/mol. The largest absolute Gasteiger partial charge is 0.504 e. The number of aryl methyl sites for hydroxylation is 2. The first-order chi connectivity index (χ1) is 13.2. The van der Waals surface area contributed by atoms with E-state index in [0.717, 1.165) is 16.0 Å². The van der Waals surface area contributed by atoms with Gasteiger partial charge in [-0.1, -0.05) is 22.0 Å². The van der Waals surface area contributed by atoms with Crippen LogP contribution < -0.4 is 15.0 Å². The minimum Gasteiger partial charge on any atom is -0.504 e. The summed E-state index contributed by atoms with van der Waals surface area (Å²) in [6, 6.07) is 7.51. The summed E-state index contributed by atoms with van der Waals surface area (Å²) >= 11 is 3.29. The Bertz CT molecular complexity index is 1020. The fourth-order valence-corrected chi connectivity index (χ4v) is 3.44. The number of hydrogen-bond acceptors (Lipinski definition) is 5. The van der Waals surface area contributed by atoms with Gasteiger partial charge in [-0.25, -0.2) is 9.69 Å². The zero-order chi connectivity index (χ0) is 20.6. The van der Waals surface area contributed by atoms with Gasteiger partial charge in [0, 0.05) is 10.0 Å². The van der Waals surface area contributed by atoms with Crippen LogP contribution in [0.25, 0.3) is 6.08 Å². The number of carbonyl (C=O) groups excluding carboxylic acids is 3. The average molecular weight is 445 g/mol. The van der Waals surface area contributed by atoms with Gasteiger partial charge >= 0.3 is 6.03 Å². The molecule has 1 saturated heterocycles. The Hall–Kier alpha value is -3.13. The first kappa shape index (κ1) is 19.6. The average Bonchev–Trinajstić information content (AvgIpc) is 2.60. The molecule has 0 aromatic heterocycles. The van der Waals surface area contributed by atoms with E-state index in [0.29, 0.717) is 10.2 Å². The predicted octanol–water partition coefficient (Wildman–Crippen LogP) is 3.45. The second kappa shape index (κ2) is 7.47. The molecule has 28 heavy (non-hydrogen) atoms. The molecule has 1 aliphatic rings. The maximum Gasteiger partial charge on any atom is 0.335 e. The second-order valence-electron chi connectivity index (χ2n) is 6.35. The number of benzene rings is 2. The Balaban J connectivity index is 2.10. The number of hydrogen-bond donors (Lipinski definition) is 2. The van der Waals surface area contributed by atoms with Crippen molar-refractivity contribution in [2.75, 3.05) is 12.0 Å². The molecule has 2 aromatic rings. The lowest BCUT2D eigenvalue weighted by molar-refractivity contribution is -0.122. The van der Waals surface area contributed by atoms with Crippen molar-refractivity contribution in [2.24, 2.45) is 0 Å². The molecule has 7 nitrogen and oxygen atoms in total. The number of nitrogens with zero attached hydrogens (tertiary/aromatic N) is 1. The van der Waals surface area contributed by atoms with Crippen LogP contribution in [0.15, 0.2) is 40.4 Å². The van der Waals surface area contributed by atoms with Crippen LogP contribution in [-0.4, -0.2) is 30.1 Å². The van der Waals surface area contributed by atoms with E-state index in [1.165, 1.54) is 19.3 Å². The molecule has 0 aliphatic carbocycles. The van der Waals surface area contributed by atoms with Crippen LogP contribution in [0.4, 0.5) is 10.5 Å². The zero-order valence-corrected chi connectivity index (χ0v) is 17.0. The van der Waals surface area contributed by atoms with E-state index < -0.39 is 17.8 Å². The van der Waals surface area contributed by atoms with Crippen molar-refractivity contribution < 1.29 is 24.2 Å². The van der Waals surface area contributed by atoms with Gasteiger partial charge in [-0.05, 0) is 55.3 Å². The highest BCUT2D eigenvalue weighted by atomic mass is 79.9. The molecule has 1 heterocycles. The summed E-state index contributed by atoms with van der Waals surface area (Å²) in [6.07, 6.45) is 1.22. The van der Waals surface area contributed by atoms with Gasteiger partial charge in [-0.2, -0.15) is 0 Å². The van der Waals surface area contributed by atoms with Gasteiger partial charge in [-0.3, -0.25) is 14.9 Å². The van der Waals surface area contributed by atoms with Crippen LogP contribution in [0.5, 0.6) is 11.5 Å². The fraction of sp³-hybridized carbons (Fsp3) is 0.150. The van der Waals surface area contributed by atoms with Gasteiger partial charge in [0.2, 0.25) is 0 Å². The van der Waals surface area contributed by atoms with Crippen molar-refractivity contribution in [3.05, 3.63) is 57.1 Å². The van der Waals surface area contributed by atoms with Crippen LogP contribution >= 0.6 is 15.9 Å². The molecule has 2 aromatic carbocycles. The number of amides is 4. The number of imide groups is 2. The van der Waals surface area contributed by atoms with Gasteiger partial charge in [-0.15, -0.1) is 0 Å². The highest BCUT2D eigenvalue weighted by Crippen LogP contribution is 2.35. The number of anilines is 1. The standard InChI is InChI=1S/C20H17BrN2O5/c1-10-4-11(2)6-14(5-10)23-19(26)15(18(25)22-20(23)27)8-12-7-13(21)9-16(28-3)17(12)24/h4-9,24H,1-3H3,(H,22,25,27)/b15-8+. The highest BCUT2D eigenvalue weighted by molar-refractivity contribution is 9.10. The summed E-state index contributed by atoms with van der Waals surface area (Å²) in [6.45, 7) is 3.69. The van der Waals surface area contributed by atoms with Crippen LogP contribution in [-0.2, 0) is 9.59 Å². The van der Waals surface area contributed by atoms with Crippen molar-refractivity contribution >= 4 is 45.5 Å². The molecule has 0 unspecified atom stereocenters. The Morgan fingerprint density at radius 2 is 1.71 bits per heavy atom. The Labute approximate surface area is 169 Å². The van der Waals surface area contributed by atoms with Crippen LogP contribution in [0.2, 0.25) is 0 Å². The van der Waals surface area contributed by atoms with E-state index in [4.69, 9.17) is 4.74 Å². The maximum absolute atomic E-state index is 13.0. The molecule has 3 rings (SSSR count). The monoisotopic (exact) mass is 444 g/mol. The molecule has 0 spiro atoms. The third kappa shape index (κ3) is 3.63. The number of methoxy groups -OCH3 is 1. The summed E-state index contributed by atoms with van der Waals surface area (Å²) in [4.78, 5) is 38.5. The quantitative estimate of drug-likeness (QED) is 0.558.